The highest BCUT2D eigenvalue weighted by molar-refractivity contribution is 7.99. The molecule has 0 heterocycles. The van der Waals surface area contributed by atoms with E-state index >= 15 is 0 Å². The molecule has 2 unspecified atom stereocenters. The Kier molecular flexibility index (Phi) is 6.13. The molecule has 0 aliphatic carbocycles. The van der Waals surface area contributed by atoms with Gasteiger partial charge in [0, 0.05) is 16.6 Å². The molecule has 2 atom stereocenters. The summed E-state index contributed by atoms with van der Waals surface area (Å²) in [5.74, 6) is 6.76. The predicted octanol–water partition coefficient (Wildman–Crippen LogP) is 2.00. The normalized spacial score (nSPS) is 13.6. The minimum atomic E-state index is -0.278. The zero-order valence-electron chi connectivity index (χ0n) is 10.3. The zero-order chi connectivity index (χ0) is 12.7. The van der Waals surface area contributed by atoms with Crippen LogP contribution < -0.4 is 5.73 Å². The van der Waals surface area contributed by atoms with E-state index in [0.717, 1.165) is 11.3 Å². The number of benzene rings is 1. The van der Waals surface area contributed by atoms with Crippen LogP contribution >= 0.6 is 11.8 Å². The Bertz CT molecular complexity index is 406. The molecule has 1 rings (SSSR count). The molecule has 1 aromatic rings. The van der Waals surface area contributed by atoms with Gasteiger partial charge < -0.3 is 10.8 Å². The van der Waals surface area contributed by atoms with Crippen LogP contribution in [0.15, 0.2) is 24.3 Å². The Balaban J connectivity index is 2.60. The van der Waals surface area contributed by atoms with Gasteiger partial charge in [-0.1, -0.05) is 30.9 Å². The molecule has 0 aliphatic heterocycles. The molecule has 3 heteroatoms. The van der Waals surface area contributed by atoms with E-state index in [9.17, 15) is 5.11 Å². The van der Waals surface area contributed by atoms with Crippen molar-refractivity contribution < 1.29 is 5.11 Å². The molecule has 0 bridgehead atoms. The van der Waals surface area contributed by atoms with Gasteiger partial charge in [-0.25, -0.2) is 0 Å². The second kappa shape index (κ2) is 7.39. The SMILES string of the molecule is CC(O)C(C)SCc1cccc(C#CCN)c1. The topological polar surface area (TPSA) is 46.2 Å². The van der Waals surface area contributed by atoms with Crippen LogP contribution in [0.1, 0.15) is 25.0 Å². The molecule has 0 aliphatic rings. The smallest absolute Gasteiger partial charge is 0.0628 e. The summed E-state index contributed by atoms with van der Waals surface area (Å²) in [6, 6.07) is 8.14. The van der Waals surface area contributed by atoms with Crippen molar-refractivity contribution in [3.05, 3.63) is 35.4 Å². The maximum Gasteiger partial charge on any atom is 0.0628 e. The summed E-state index contributed by atoms with van der Waals surface area (Å²) in [7, 11) is 0. The van der Waals surface area contributed by atoms with Crippen LogP contribution in [-0.2, 0) is 5.75 Å². The Morgan fingerprint density at radius 2 is 2.18 bits per heavy atom. The van der Waals surface area contributed by atoms with Crippen molar-refractivity contribution >= 4 is 11.8 Å². The van der Waals surface area contributed by atoms with Crippen LogP contribution in [0.3, 0.4) is 0 Å². The second-order valence-corrected chi connectivity index (χ2v) is 5.33. The van der Waals surface area contributed by atoms with Gasteiger partial charge in [-0.2, -0.15) is 11.8 Å². The molecule has 0 saturated heterocycles. The van der Waals surface area contributed by atoms with E-state index < -0.39 is 0 Å². The van der Waals surface area contributed by atoms with Gasteiger partial charge in [0.1, 0.15) is 0 Å². The Morgan fingerprint density at radius 3 is 2.82 bits per heavy atom. The number of hydrogen-bond acceptors (Lipinski definition) is 3. The van der Waals surface area contributed by atoms with Crippen LogP contribution in [-0.4, -0.2) is 23.0 Å². The van der Waals surface area contributed by atoms with Gasteiger partial charge in [0.05, 0.1) is 12.6 Å². The van der Waals surface area contributed by atoms with Gasteiger partial charge in [0.15, 0.2) is 0 Å². The van der Waals surface area contributed by atoms with Crippen LogP contribution in [0.5, 0.6) is 0 Å². The van der Waals surface area contributed by atoms with E-state index in [1.807, 2.05) is 26.0 Å². The van der Waals surface area contributed by atoms with E-state index in [0.29, 0.717) is 6.54 Å². The van der Waals surface area contributed by atoms with Crippen LogP contribution in [0, 0.1) is 11.8 Å². The molecular formula is C14H19NOS. The highest BCUT2D eigenvalue weighted by atomic mass is 32.2. The molecular weight excluding hydrogens is 230 g/mol. The first-order valence-corrected chi connectivity index (χ1v) is 6.76. The zero-order valence-corrected chi connectivity index (χ0v) is 11.1. The number of nitrogens with two attached hydrogens (primary N) is 1. The number of thioether (sulfide) groups is 1. The second-order valence-electron chi connectivity index (χ2n) is 3.96. The number of aliphatic hydroxyl groups is 1. The molecule has 1 aromatic carbocycles. The third-order valence-corrected chi connectivity index (χ3v) is 3.87. The summed E-state index contributed by atoms with van der Waals surface area (Å²) in [5, 5.41) is 9.66. The minimum Gasteiger partial charge on any atom is -0.392 e. The first kappa shape index (κ1) is 14.1. The van der Waals surface area contributed by atoms with Gasteiger partial charge in [0.2, 0.25) is 0 Å². The van der Waals surface area contributed by atoms with Crippen LogP contribution in [0.25, 0.3) is 0 Å². The van der Waals surface area contributed by atoms with Crippen molar-refractivity contribution in [3.8, 4) is 11.8 Å². The van der Waals surface area contributed by atoms with E-state index in [2.05, 4.69) is 24.0 Å². The maximum absolute atomic E-state index is 9.41. The fourth-order valence-corrected chi connectivity index (χ4v) is 2.17. The standard InChI is InChI=1S/C14H19NOS/c1-11(16)12(2)17-10-14-6-3-5-13(9-14)7-4-8-15/h3,5-6,9,11-12,16H,8,10,15H2,1-2H3. The highest BCUT2D eigenvalue weighted by Crippen LogP contribution is 2.20. The first-order chi connectivity index (χ1) is 8.13. The molecule has 2 nitrogen and oxygen atoms in total. The summed E-state index contributed by atoms with van der Waals surface area (Å²) in [6.07, 6.45) is -0.278. The fraction of sp³-hybridized carbons (Fsp3) is 0.429. The van der Waals surface area contributed by atoms with Crippen molar-refractivity contribution in [1.29, 1.82) is 0 Å². The van der Waals surface area contributed by atoms with E-state index in [1.165, 1.54) is 5.56 Å². The molecule has 17 heavy (non-hydrogen) atoms. The average Bonchev–Trinajstić information content (AvgIpc) is 2.33. The van der Waals surface area contributed by atoms with Gasteiger partial charge in [-0.15, -0.1) is 0 Å². The number of hydrogen-bond donors (Lipinski definition) is 2. The monoisotopic (exact) mass is 249 g/mol. The molecule has 0 fully saturated rings. The van der Waals surface area contributed by atoms with Crippen LogP contribution in [0.2, 0.25) is 0 Å². The third-order valence-electron chi connectivity index (χ3n) is 2.45. The Labute approximate surface area is 108 Å². The first-order valence-electron chi connectivity index (χ1n) is 5.71. The van der Waals surface area contributed by atoms with Crippen molar-refractivity contribution in [2.24, 2.45) is 5.73 Å². The van der Waals surface area contributed by atoms with Crippen molar-refractivity contribution in [2.45, 2.75) is 31.0 Å². The molecule has 0 spiro atoms. The Morgan fingerprint density at radius 1 is 1.41 bits per heavy atom. The maximum atomic E-state index is 9.41. The predicted molar refractivity (Wildman–Crippen MR) is 74.8 cm³/mol. The lowest BCUT2D eigenvalue weighted by molar-refractivity contribution is 0.196. The number of rotatable bonds is 4. The molecule has 3 N–H and O–H groups in total. The lowest BCUT2D eigenvalue weighted by Crippen LogP contribution is -2.15. The van der Waals surface area contributed by atoms with Gasteiger partial charge >= 0.3 is 0 Å². The van der Waals surface area contributed by atoms with Crippen molar-refractivity contribution in [3.63, 3.8) is 0 Å². The van der Waals surface area contributed by atoms with E-state index in [4.69, 9.17) is 5.73 Å². The average molecular weight is 249 g/mol. The molecule has 92 valence electrons. The van der Waals surface area contributed by atoms with Gasteiger partial charge in [0.25, 0.3) is 0 Å². The van der Waals surface area contributed by atoms with Crippen molar-refractivity contribution in [2.75, 3.05) is 6.54 Å². The van der Waals surface area contributed by atoms with Crippen molar-refractivity contribution in [1.82, 2.24) is 0 Å². The van der Waals surface area contributed by atoms with Gasteiger partial charge in [-0.05, 0) is 24.6 Å². The lowest BCUT2D eigenvalue weighted by atomic mass is 10.1. The summed E-state index contributed by atoms with van der Waals surface area (Å²) in [5.41, 5.74) is 7.57. The fourth-order valence-electron chi connectivity index (χ4n) is 1.26. The molecule has 0 radical (unpaired) electrons. The molecule has 0 aromatic heterocycles. The lowest BCUT2D eigenvalue weighted by Gasteiger charge is -2.13. The van der Waals surface area contributed by atoms with Gasteiger partial charge in [-0.3, -0.25) is 0 Å². The van der Waals surface area contributed by atoms with Crippen LogP contribution in [0.4, 0.5) is 0 Å². The number of aliphatic hydroxyl groups excluding tert-OH is 1. The van der Waals surface area contributed by atoms with E-state index in [1.54, 1.807) is 11.8 Å². The summed E-state index contributed by atoms with van der Waals surface area (Å²) < 4.78 is 0. The molecule has 0 saturated carbocycles. The quantitative estimate of drug-likeness (QED) is 0.802. The minimum absolute atomic E-state index is 0.244. The summed E-state index contributed by atoms with van der Waals surface area (Å²) in [6.45, 7) is 4.24. The third kappa shape index (κ3) is 5.27. The summed E-state index contributed by atoms with van der Waals surface area (Å²) in [4.78, 5) is 0. The molecule has 0 amide bonds. The summed E-state index contributed by atoms with van der Waals surface area (Å²) >= 11 is 1.75. The largest absolute Gasteiger partial charge is 0.392 e. The highest BCUT2D eigenvalue weighted by Gasteiger charge is 2.08. The van der Waals surface area contributed by atoms with E-state index in [-0.39, 0.29) is 11.4 Å². The Hall–Kier alpha value is -0.950.